The molecule has 2 atom stereocenters. The lowest BCUT2D eigenvalue weighted by molar-refractivity contribution is -0.274. The van der Waals surface area contributed by atoms with Gasteiger partial charge in [-0.1, -0.05) is 12.1 Å². The van der Waals surface area contributed by atoms with Crippen molar-refractivity contribution < 1.29 is 27.5 Å². The van der Waals surface area contributed by atoms with Crippen LogP contribution in [0.4, 0.5) is 24.5 Å². The van der Waals surface area contributed by atoms with Gasteiger partial charge in [-0.25, -0.2) is 0 Å². The largest absolute Gasteiger partial charge is 0.573 e. The molecule has 2 aromatic carbocycles. The summed E-state index contributed by atoms with van der Waals surface area (Å²) < 4.78 is 40.4. The van der Waals surface area contributed by atoms with E-state index >= 15 is 0 Å². The third-order valence-electron chi connectivity index (χ3n) is 4.76. The highest BCUT2D eigenvalue weighted by atomic mass is 19.4. The first-order chi connectivity index (χ1) is 13.3. The molecule has 2 aliphatic rings. The zero-order valence-corrected chi connectivity index (χ0v) is 14.5. The Hall–Kier alpha value is -3.23. The van der Waals surface area contributed by atoms with Crippen LogP contribution < -0.4 is 20.3 Å². The molecule has 2 aromatic rings. The van der Waals surface area contributed by atoms with Crippen molar-refractivity contribution in [3.05, 3.63) is 54.1 Å². The number of anilines is 2. The van der Waals surface area contributed by atoms with Crippen LogP contribution in [0.3, 0.4) is 0 Å². The minimum absolute atomic E-state index is 0.121. The molecular weight excluding hydrogens is 375 g/mol. The molecule has 146 valence electrons. The molecule has 1 saturated heterocycles. The molecule has 2 N–H and O–H groups in total. The minimum atomic E-state index is -4.78. The lowest BCUT2D eigenvalue weighted by atomic mass is 10.1. The van der Waals surface area contributed by atoms with Crippen LogP contribution >= 0.6 is 0 Å². The third kappa shape index (κ3) is 3.60. The molecule has 0 aromatic heterocycles. The van der Waals surface area contributed by atoms with Gasteiger partial charge in [-0.3, -0.25) is 9.59 Å². The van der Waals surface area contributed by atoms with E-state index in [1.165, 1.54) is 12.1 Å². The number of nitrogens with zero attached hydrogens (tertiary/aromatic N) is 1. The summed E-state index contributed by atoms with van der Waals surface area (Å²) in [6.45, 7) is 0.468. The maximum atomic E-state index is 12.4. The lowest BCUT2D eigenvalue weighted by Crippen LogP contribution is -2.44. The molecule has 28 heavy (non-hydrogen) atoms. The Labute approximate surface area is 158 Å². The Morgan fingerprint density at radius 2 is 1.86 bits per heavy atom. The van der Waals surface area contributed by atoms with Crippen molar-refractivity contribution >= 4 is 23.2 Å². The Bertz CT molecular complexity index is 915. The number of ether oxygens (including phenoxy) is 1. The Kier molecular flexibility index (Phi) is 4.37. The van der Waals surface area contributed by atoms with Crippen LogP contribution in [-0.4, -0.2) is 36.8 Å². The fraction of sp³-hybridized carbons (Fsp3) is 0.263. The first-order valence-corrected chi connectivity index (χ1v) is 8.63. The molecule has 0 radical (unpaired) electrons. The van der Waals surface area contributed by atoms with E-state index in [2.05, 4.69) is 15.4 Å². The van der Waals surface area contributed by atoms with Crippen molar-refractivity contribution in [1.82, 2.24) is 5.32 Å². The molecule has 0 spiro atoms. The van der Waals surface area contributed by atoms with Crippen LogP contribution in [-0.2, 0) is 4.79 Å². The maximum absolute atomic E-state index is 12.4. The quantitative estimate of drug-likeness (QED) is 0.844. The Morgan fingerprint density at radius 1 is 1.14 bits per heavy atom. The monoisotopic (exact) mass is 391 g/mol. The van der Waals surface area contributed by atoms with Gasteiger partial charge in [-0.15, -0.1) is 13.2 Å². The number of halogens is 3. The summed E-state index contributed by atoms with van der Waals surface area (Å²) in [4.78, 5) is 26.7. The molecule has 4 rings (SSSR count). The molecular formula is C19H16F3N3O3. The van der Waals surface area contributed by atoms with Crippen molar-refractivity contribution in [2.24, 2.45) is 0 Å². The standard InChI is InChI=1S/C19H16F3N3O3/c20-19(21,22)28-13-7-5-11(6-8-13)17(26)23-12-9-16-18(27)24-14-3-1-2-4-15(14)25(16)10-12/h1-8,12,16H,9-10H2,(H,23,26)(H,24,27). The van der Waals surface area contributed by atoms with Crippen LogP contribution in [0.1, 0.15) is 16.8 Å². The summed E-state index contributed by atoms with van der Waals surface area (Å²) in [6, 6.07) is 11.5. The normalized spacial score (nSPS) is 20.8. The number of amides is 2. The number of fused-ring (bicyclic) bond motifs is 3. The van der Waals surface area contributed by atoms with Crippen molar-refractivity contribution in [1.29, 1.82) is 0 Å². The van der Waals surface area contributed by atoms with Crippen LogP contribution in [0.15, 0.2) is 48.5 Å². The number of alkyl halides is 3. The van der Waals surface area contributed by atoms with E-state index in [0.29, 0.717) is 13.0 Å². The number of para-hydroxylation sites is 2. The van der Waals surface area contributed by atoms with Gasteiger partial charge in [0.15, 0.2) is 0 Å². The van der Waals surface area contributed by atoms with Crippen molar-refractivity contribution in [2.45, 2.75) is 24.9 Å². The van der Waals surface area contributed by atoms with Gasteiger partial charge in [-0.05, 0) is 42.8 Å². The summed E-state index contributed by atoms with van der Waals surface area (Å²) in [6.07, 6.45) is -4.34. The smallest absolute Gasteiger partial charge is 0.406 e. The molecule has 2 unspecified atom stereocenters. The van der Waals surface area contributed by atoms with E-state index in [9.17, 15) is 22.8 Å². The molecule has 9 heteroatoms. The second-order valence-corrected chi connectivity index (χ2v) is 6.65. The van der Waals surface area contributed by atoms with Gasteiger partial charge >= 0.3 is 6.36 Å². The van der Waals surface area contributed by atoms with E-state index in [0.717, 1.165) is 23.5 Å². The van der Waals surface area contributed by atoms with Crippen molar-refractivity contribution in [3.63, 3.8) is 0 Å². The SMILES string of the molecule is O=C(NC1CC2C(=O)Nc3ccccc3N2C1)c1ccc(OC(F)(F)F)cc1. The zero-order valence-electron chi connectivity index (χ0n) is 14.5. The Morgan fingerprint density at radius 3 is 2.57 bits per heavy atom. The molecule has 1 fully saturated rings. The number of hydrogen-bond acceptors (Lipinski definition) is 4. The number of rotatable bonds is 3. The average molecular weight is 391 g/mol. The van der Waals surface area contributed by atoms with Gasteiger partial charge in [0.25, 0.3) is 5.91 Å². The van der Waals surface area contributed by atoms with Crippen molar-refractivity contribution in [3.8, 4) is 5.75 Å². The van der Waals surface area contributed by atoms with Crippen LogP contribution in [0.25, 0.3) is 0 Å². The highest BCUT2D eigenvalue weighted by molar-refractivity contribution is 6.04. The Balaban J connectivity index is 1.43. The molecule has 0 bridgehead atoms. The lowest BCUT2D eigenvalue weighted by Gasteiger charge is -2.32. The second-order valence-electron chi connectivity index (χ2n) is 6.65. The van der Waals surface area contributed by atoms with Gasteiger partial charge in [0.05, 0.1) is 11.4 Å². The summed E-state index contributed by atoms with van der Waals surface area (Å²) in [5.74, 6) is -0.934. The summed E-state index contributed by atoms with van der Waals surface area (Å²) in [7, 11) is 0. The third-order valence-corrected chi connectivity index (χ3v) is 4.76. The van der Waals surface area contributed by atoms with E-state index in [1.54, 1.807) is 0 Å². The first kappa shape index (κ1) is 18.1. The summed E-state index contributed by atoms with van der Waals surface area (Å²) in [5, 5.41) is 5.71. The zero-order chi connectivity index (χ0) is 19.9. The molecule has 0 aliphatic carbocycles. The topological polar surface area (TPSA) is 70.7 Å². The van der Waals surface area contributed by atoms with E-state index in [1.807, 2.05) is 29.2 Å². The van der Waals surface area contributed by atoms with Crippen LogP contribution in [0, 0.1) is 0 Å². The summed E-state index contributed by atoms with van der Waals surface area (Å²) >= 11 is 0. The number of benzene rings is 2. The van der Waals surface area contributed by atoms with Gasteiger partial charge in [-0.2, -0.15) is 0 Å². The predicted octanol–water partition coefficient (Wildman–Crippen LogP) is 2.91. The molecule has 2 amide bonds. The predicted molar refractivity (Wildman–Crippen MR) is 95.2 cm³/mol. The van der Waals surface area contributed by atoms with E-state index in [4.69, 9.17) is 0 Å². The number of carbonyl (C=O) groups excluding carboxylic acids is 2. The second kappa shape index (κ2) is 6.74. The highest BCUT2D eigenvalue weighted by Crippen LogP contribution is 2.36. The fourth-order valence-electron chi connectivity index (χ4n) is 3.58. The first-order valence-electron chi connectivity index (χ1n) is 8.63. The van der Waals surface area contributed by atoms with E-state index < -0.39 is 18.0 Å². The van der Waals surface area contributed by atoms with Gasteiger partial charge in [0.2, 0.25) is 5.91 Å². The van der Waals surface area contributed by atoms with Crippen molar-refractivity contribution in [2.75, 3.05) is 16.8 Å². The molecule has 2 aliphatic heterocycles. The van der Waals surface area contributed by atoms with Gasteiger partial charge < -0.3 is 20.3 Å². The number of nitrogens with one attached hydrogen (secondary N) is 2. The maximum Gasteiger partial charge on any atom is 0.573 e. The molecule has 6 nitrogen and oxygen atoms in total. The van der Waals surface area contributed by atoms with Gasteiger partial charge in [0.1, 0.15) is 11.8 Å². The van der Waals surface area contributed by atoms with Gasteiger partial charge in [0, 0.05) is 18.2 Å². The highest BCUT2D eigenvalue weighted by Gasteiger charge is 2.41. The fourth-order valence-corrected chi connectivity index (χ4v) is 3.58. The number of carbonyl (C=O) groups is 2. The molecule has 2 heterocycles. The van der Waals surface area contributed by atoms with Crippen LogP contribution in [0.5, 0.6) is 5.75 Å². The van der Waals surface area contributed by atoms with E-state index in [-0.39, 0.29) is 23.6 Å². The average Bonchev–Trinajstić information content (AvgIpc) is 3.05. The summed E-state index contributed by atoms with van der Waals surface area (Å²) in [5.41, 5.74) is 1.85. The number of hydrogen-bond donors (Lipinski definition) is 2. The van der Waals surface area contributed by atoms with Crippen LogP contribution in [0.2, 0.25) is 0 Å². The molecule has 0 saturated carbocycles. The minimum Gasteiger partial charge on any atom is -0.406 e.